The number of hydrogen-bond donors (Lipinski definition) is 1. The highest BCUT2D eigenvalue weighted by Crippen LogP contribution is 2.30. The summed E-state index contributed by atoms with van der Waals surface area (Å²) in [6.07, 6.45) is 2.25. The first kappa shape index (κ1) is 24.0. The average Bonchev–Trinajstić information content (AvgIpc) is 3.17. The molecule has 2 heterocycles. The van der Waals surface area contributed by atoms with E-state index in [0.717, 1.165) is 15.9 Å². The third-order valence-corrected chi connectivity index (χ3v) is 8.02. The predicted octanol–water partition coefficient (Wildman–Crippen LogP) is 5.59. The minimum Gasteiger partial charge on any atom is -0.370 e. The zero-order valence-corrected chi connectivity index (χ0v) is 21.5. The molecule has 0 bridgehead atoms. The van der Waals surface area contributed by atoms with Gasteiger partial charge in [0.1, 0.15) is 5.82 Å². The van der Waals surface area contributed by atoms with E-state index in [-0.39, 0.29) is 4.90 Å². The van der Waals surface area contributed by atoms with Gasteiger partial charge in [-0.25, -0.2) is 17.7 Å². The third-order valence-electron chi connectivity index (χ3n) is 5.04. The average molecular weight is 569 g/mol. The lowest BCUT2D eigenvalue weighted by Gasteiger charge is -2.18. The molecular formula is C22H20BrCl2N5O2S. The van der Waals surface area contributed by atoms with E-state index in [1.165, 1.54) is 16.4 Å². The predicted molar refractivity (Wildman–Crippen MR) is 136 cm³/mol. The summed E-state index contributed by atoms with van der Waals surface area (Å²) in [6.45, 7) is 0.851. The second kappa shape index (κ2) is 9.99. The van der Waals surface area contributed by atoms with Crippen LogP contribution in [0.3, 0.4) is 0 Å². The van der Waals surface area contributed by atoms with E-state index < -0.39 is 10.0 Å². The van der Waals surface area contributed by atoms with Gasteiger partial charge >= 0.3 is 0 Å². The number of hydrogen-bond acceptors (Lipinski definition) is 5. The fourth-order valence-corrected chi connectivity index (χ4v) is 5.41. The molecule has 0 spiro atoms. The van der Waals surface area contributed by atoms with Crippen molar-refractivity contribution in [2.75, 3.05) is 25.5 Å². The van der Waals surface area contributed by atoms with Crippen molar-refractivity contribution >= 4 is 60.6 Å². The van der Waals surface area contributed by atoms with Gasteiger partial charge in [-0.3, -0.25) is 0 Å². The third kappa shape index (κ3) is 5.17. The topological polar surface area (TPSA) is 79.6 Å². The number of anilines is 1. The molecule has 1 N–H and O–H groups in total. The summed E-state index contributed by atoms with van der Waals surface area (Å²) in [5.41, 5.74) is 2.16. The maximum absolute atomic E-state index is 12.8. The highest BCUT2D eigenvalue weighted by molar-refractivity contribution is 9.10. The van der Waals surface area contributed by atoms with Crippen LogP contribution >= 0.6 is 39.1 Å². The van der Waals surface area contributed by atoms with Crippen LogP contribution in [-0.2, 0) is 10.0 Å². The Morgan fingerprint density at radius 2 is 1.91 bits per heavy atom. The summed E-state index contributed by atoms with van der Waals surface area (Å²) >= 11 is 15.8. The van der Waals surface area contributed by atoms with E-state index in [9.17, 15) is 8.42 Å². The molecule has 11 heteroatoms. The number of benzene rings is 2. The molecule has 0 amide bonds. The molecule has 0 unspecified atom stereocenters. The zero-order valence-electron chi connectivity index (χ0n) is 17.5. The molecule has 4 rings (SSSR count). The molecule has 0 radical (unpaired) electrons. The lowest BCUT2D eigenvalue weighted by Crippen LogP contribution is -2.29. The summed E-state index contributed by atoms with van der Waals surface area (Å²) < 4.78 is 29.3. The minimum absolute atomic E-state index is 0.173. The van der Waals surface area contributed by atoms with Crippen LogP contribution in [0, 0.1) is 0 Å². The maximum Gasteiger partial charge on any atom is 0.242 e. The van der Waals surface area contributed by atoms with E-state index >= 15 is 0 Å². The summed E-state index contributed by atoms with van der Waals surface area (Å²) in [4.78, 5) is 4.86. The molecule has 172 valence electrons. The molecule has 0 aliphatic rings. The molecule has 33 heavy (non-hydrogen) atoms. The van der Waals surface area contributed by atoms with E-state index in [1.54, 1.807) is 29.9 Å². The number of rotatable bonds is 8. The van der Waals surface area contributed by atoms with Crippen LogP contribution in [0.1, 0.15) is 6.42 Å². The lowest BCUT2D eigenvalue weighted by atomic mass is 10.1. The Labute approximate surface area is 210 Å². The van der Waals surface area contributed by atoms with Crippen LogP contribution in [0.5, 0.6) is 0 Å². The Hall–Kier alpha value is -2.17. The molecule has 2 aromatic heterocycles. The fraction of sp³-hybridized carbons (Fsp3) is 0.182. The Balaban J connectivity index is 1.49. The maximum atomic E-state index is 12.8. The second-order valence-electron chi connectivity index (χ2n) is 7.30. The van der Waals surface area contributed by atoms with Crippen molar-refractivity contribution in [3.63, 3.8) is 0 Å². The number of aromatic nitrogens is 3. The summed E-state index contributed by atoms with van der Waals surface area (Å²) in [6, 6.07) is 15.6. The molecule has 2 aromatic carbocycles. The van der Waals surface area contributed by atoms with Gasteiger partial charge in [0, 0.05) is 41.8 Å². The molecule has 7 nitrogen and oxygen atoms in total. The van der Waals surface area contributed by atoms with Gasteiger partial charge in [-0.1, -0.05) is 47.5 Å². The normalized spacial score (nSPS) is 11.9. The SMILES string of the molecule is CN(CCCNc1cc(-c2ccccc2Cl)nc2c(Br)cnn12)S(=O)(=O)c1cccc(Cl)c1. The Morgan fingerprint density at radius 1 is 1.12 bits per heavy atom. The zero-order chi connectivity index (χ0) is 23.6. The summed E-state index contributed by atoms with van der Waals surface area (Å²) in [5, 5.41) is 8.69. The van der Waals surface area contributed by atoms with Crippen LogP contribution in [0.25, 0.3) is 16.9 Å². The Bertz CT molecular complexity index is 1410. The first-order valence-electron chi connectivity index (χ1n) is 10.0. The van der Waals surface area contributed by atoms with Gasteiger partial charge in [0.05, 0.1) is 21.3 Å². The van der Waals surface area contributed by atoms with Crippen molar-refractivity contribution in [2.45, 2.75) is 11.3 Å². The van der Waals surface area contributed by atoms with E-state index in [1.807, 2.05) is 30.3 Å². The summed E-state index contributed by atoms with van der Waals surface area (Å²) in [7, 11) is -2.06. The first-order valence-corrected chi connectivity index (χ1v) is 13.0. The van der Waals surface area contributed by atoms with E-state index in [0.29, 0.717) is 40.9 Å². The second-order valence-corrected chi connectivity index (χ2v) is 11.0. The van der Waals surface area contributed by atoms with Gasteiger partial charge in [0.15, 0.2) is 5.65 Å². The van der Waals surface area contributed by atoms with Gasteiger partial charge in [-0.05, 0) is 46.6 Å². The number of nitrogens with one attached hydrogen (secondary N) is 1. The number of nitrogens with zero attached hydrogens (tertiary/aromatic N) is 4. The molecule has 0 saturated carbocycles. The highest BCUT2D eigenvalue weighted by atomic mass is 79.9. The molecular weight excluding hydrogens is 549 g/mol. The largest absolute Gasteiger partial charge is 0.370 e. The van der Waals surface area contributed by atoms with Crippen molar-refractivity contribution in [2.24, 2.45) is 0 Å². The van der Waals surface area contributed by atoms with Crippen molar-refractivity contribution in [3.8, 4) is 11.3 Å². The minimum atomic E-state index is -3.61. The van der Waals surface area contributed by atoms with Gasteiger partial charge < -0.3 is 5.32 Å². The van der Waals surface area contributed by atoms with E-state index in [2.05, 4.69) is 31.3 Å². The number of sulfonamides is 1. The van der Waals surface area contributed by atoms with Crippen molar-refractivity contribution < 1.29 is 8.42 Å². The molecule has 0 fully saturated rings. The smallest absolute Gasteiger partial charge is 0.242 e. The quantitative estimate of drug-likeness (QED) is 0.280. The first-order chi connectivity index (χ1) is 15.8. The lowest BCUT2D eigenvalue weighted by molar-refractivity contribution is 0.465. The number of fused-ring (bicyclic) bond motifs is 1. The Kier molecular flexibility index (Phi) is 7.25. The number of halogens is 3. The van der Waals surface area contributed by atoms with Gasteiger partial charge in [-0.15, -0.1) is 0 Å². The standard InChI is InChI=1S/C22H20BrCl2N5O2S/c1-29(33(31,32)16-7-4-6-15(24)12-16)11-5-10-26-21-13-20(17-8-2-3-9-19(17)25)28-22-18(23)14-27-30(21)22/h2-4,6-9,12-14,26H,5,10-11H2,1H3. The molecule has 0 aliphatic heterocycles. The van der Waals surface area contributed by atoms with Crippen LogP contribution < -0.4 is 5.32 Å². The highest BCUT2D eigenvalue weighted by Gasteiger charge is 2.20. The van der Waals surface area contributed by atoms with Gasteiger partial charge in [0.25, 0.3) is 0 Å². The fourth-order valence-electron chi connectivity index (χ4n) is 3.31. The molecule has 0 atom stereocenters. The van der Waals surface area contributed by atoms with Gasteiger partial charge in [0.2, 0.25) is 10.0 Å². The van der Waals surface area contributed by atoms with Crippen molar-refractivity contribution in [1.82, 2.24) is 18.9 Å². The van der Waals surface area contributed by atoms with Crippen LogP contribution in [0.4, 0.5) is 5.82 Å². The summed E-state index contributed by atoms with van der Waals surface area (Å²) in [5.74, 6) is 0.723. The molecule has 4 aromatic rings. The van der Waals surface area contributed by atoms with Crippen molar-refractivity contribution in [3.05, 3.63) is 75.3 Å². The van der Waals surface area contributed by atoms with E-state index in [4.69, 9.17) is 23.2 Å². The van der Waals surface area contributed by atoms with Crippen LogP contribution in [0.15, 0.2) is 70.2 Å². The van der Waals surface area contributed by atoms with Gasteiger partial charge in [-0.2, -0.15) is 9.61 Å². The Morgan fingerprint density at radius 3 is 2.67 bits per heavy atom. The van der Waals surface area contributed by atoms with Crippen LogP contribution in [0.2, 0.25) is 10.0 Å². The molecule has 0 saturated heterocycles. The van der Waals surface area contributed by atoms with Crippen LogP contribution in [-0.4, -0.2) is 47.5 Å². The van der Waals surface area contributed by atoms with Crippen molar-refractivity contribution in [1.29, 1.82) is 0 Å². The molecule has 0 aliphatic carbocycles. The monoisotopic (exact) mass is 567 g/mol.